The Hall–Kier alpha value is -1.32. The molecular weight excluding hydrogens is 308 g/mol. The lowest BCUT2D eigenvalue weighted by Gasteiger charge is -2.15. The molecule has 1 rings (SSSR count). The van der Waals surface area contributed by atoms with Crippen LogP contribution in [0.15, 0.2) is 15.5 Å². The van der Waals surface area contributed by atoms with Gasteiger partial charge in [0.1, 0.15) is 4.47 Å². The lowest BCUT2D eigenvalue weighted by molar-refractivity contribution is 0.367. The third kappa shape index (κ3) is 4.69. The van der Waals surface area contributed by atoms with E-state index in [1.165, 1.54) is 4.68 Å². The summed E-state index contributed by atoms with van der Waals surface area (Å²) in [5.41, 5.74) is 0.536. The molecule has 0 fully saturated rings. The van der Waals surface area contributed by atoms with Crippen LogP contribution in [0.4, 0.5) is 5.69 Å². The van der Waals surface area contributed by atoms with Crippen molar-refractivity contribution < 1.29 is 0 Å². The van der Waals surface area contributed by atoms with E-state index in [2.05, 4.69) is 32.3 Å². The van der Waals surface area contributed by atoms with Gasteiger partial charge in [-0.25, -0.2) is 4.68 Å². The van der Waals surface area contributed by atoms with E-state index in [1.54, 1.807) is 6.20 Å². The van der Waals surface area contributed by atoms with Gasteiger partial charge in [-0.1, -0.05) is 0 Å². The van der Waals surface area contributed by atoms with Gasteiger partial charge >= 0.3 is 0 Å². The van der Waals surface area contributed by atoms with Crippen LogP contribution in [0.5, 0.6) is 0 Å². The third-order valence-corrected chi connectivity index (χ3v) is 3.34. The van der Waals surface area contributed by atoms with Gasteiger partial charge in [0.2, 0.25) is 0 Å². The van der Waals surface area contributed by atoms with E-state index in [0.29, 0.717) is 23.1 Å². The van der Waals surface area contributed by atoms with Gasteiger partial charge in [-0.2, -0.15) is 5.10 Å². The summed E-state index contributed by atoms with van der Waals surface area (Å²) >= 11 is 3.32. The number of terminal acetylenes is 1. The van der Waals surface area contributed by atoms with Gasteiger partial charge in [0, 0.05) is 19.0 Å². The molecule has 1 aromatic rings. The van der Waals surface area contributed by atoms with Crippen molar-refractivity contribution >= 4 is 21.6 Å². The number of likely N-dealkylation sites (N-methyl/N-ethyl adjacent to an activating group) is 1. The molecule has 1 atom stereocenters. The summed E-state index contributed by atoms with van der Waals surface area (Å²) in [6, 6.07) is 0.0973. The van der Waals surface area contributed by atoms with E-state index in [-0.39, 0.29) is 11.6 Å². The minimum Gasteiger partial charge on any atom is -0.379 e. The molecule has 0 spiro atoms. The van der Waals surface area contributed by atoms with Crippen molar-refractivity contribution in [2.24, 2.45) is 0 Å². The predicted octanol–water partition coefficient (Wildman–Crippen LogP) is 1.39. The highest BCUT2D eigenvalue weighted by molar-refractivity contribution is 9.10. The van der Waals surface area contributed by atoms with Crippen molar-refractivity contribution in [3.8, 4) is 12.3 Å². The van der Waals surface area contributed by atoms with E-state index in [4.69, 9.17) is 6.42 Å². The Morgan fingerprint density at radius 1 is 1.63 bits per heavy atom. The first-order chi connectivity index (χ1) is 8.95. The maximum atomic E-state index is 12.1. The highest BCUT2D eigenvalue weighted by atomic mass is 79.9. The summed E-state index contributed by atoms with van der Waals surface area (Å²) in [7, 11) is 3.91. The molecule has 1 heterocycles. The Balaban J connectivity index is 2.86. The largest absolute Gasteiger partial charge is 0.379 e. The number of hydrogen-bond donors (Lipinski definition) is 1. The second kappa shape index (κ2) is 7.31. The molecule has 0 aliphatic heterocycles. The second-order valence-electron chi connectivity index (χ2n) is 4.66. The smallest absolute Gasteiger partial charge is 0.283 e. The maximum absolute atomic E-state index is 12.1. The molecule has 1 N–H and O–H groups in total. The molecule has 0 aromatic carbocycles. The summed E-state index contributed by atoms with van der Waals surface area (Å²) in [6.45, 7) is 3.29. The molecule has 1 unspecified atom stereocenters. The van der Waals surface area contributed by atoms with E-state index < -0.39 is 0 Å². The summed E-state index contributed by atoms with van der Waals surface area (Å²) in [4.78, 5) is 14.1. The molecule has 19 heavy (non-hydrogen) atoms. The van der Waals surface area contributed by atoms with Crippen molar-refractivity contribution in [1.82, 2.24) is 14.7 Å². The SMILES string of the molecule is C#CCC(C)Nc1cnn(CCN(C)C)c(=O)c1Br. The molecule has 0 radical (unpaired) electrons. The van der Waals surface area contributed by atoms with Gasteiger partial charge in [-0.3, -0.25) is 4.79 Å². The van der Waals surface area contributed by atoms with Gasteiger partial charge in [0.15, 0.2) is 0 Å². The second-order valence-corrected chi connectivity index (χ2v) is 5.45. The Kier molecular flexibility index (Phi) is 6.06. The summed E-state index contributed by atoms with van der Waals surface area (Å²) < 4.78 is 1.94. The predicted molar refractivity (Wildman–Crippen MR) is 81.3 cm³/mol. The molecule has 1 aromatic heterocycles. The zero-order valence-corrected chi connectivity index (χ0v) is 13.1. The summed E-state index contributed by atoms with van der Waals surface area (Å²) in [5.74, 6) is 2.58. The number of halogens is 1. The van der Waals surface area contributed by atoms with Crippen LogP contribution >= 0.6 is 15.9 Å². The molecular formula is C13H19BrN4O. The quantitative estimate of drug-likeness (QED) is 0.803. The van der Waals surface area contributed by atoms with Crippen LogP contribution in [-0.4, -0.2) is 41.4 Å². The van der Waals surface area contributed by atoms with Crippen LogP contribution in [0.3, 0.4) is 0 Å². The molecule has 0 saturated carbocycles. The van der Waals surface area contributed by atoms with E-state index in [1.807, 2.05) is 25.9 Å². The van der Waals surface area contributed by atoms with Crippen molar-refractivity contribution in [3.05, 3.63) is 21.0 Å². The minimum atomic E-state index is -0.139. The van der Waals surface area contributed by atoms with Crippen LogP contribution in [0, 0.1) is 12.3 Å². The van der Waals surface area contributed by atoms with Crippen LogP contribution in [-0.2, 0) is 6.54 Å². The Labute approximate surface area is 122 Å². The van der Waals surface area contributed by atoms with E-state index in [0.717, 1.165) is 6.54 Å². The first kappa shape index (κ1) is 15.7. The Bertz CT molecular complexity index is 518. The number of anilines is 1. The fraction of sp³-hybridized carbons (Fsp3) is 0.538. The van der Waals surface area contributed by atoms with E-state index in [9.17, 15) is 4.79 Å². The zero-order chi connectivity index (χ0) is 14.4. The topological polar surface area (TPSA) is 50.2 Å². The first-order valence-corrected chi connectivity index (χ1v) is 6.85. The number of rotatable bonds is 6. The maximum Gasteiger partial charge on any atom is 0.283 e. The highest BCUT2D eigenvalue weighted by Gasteiger charge is 2.10. The average Bonchev–Trinajstić information content (AvgIpc) is 2.34. The highest BCUT2D eigenvalue weighted by Crippen LogP contribution is 2.17. The van der Waals surface area contributed by atoms with Gasteiger partial charge in [-0.05, 0) is 36.9 Å². The number of hydrogen-bond acceptors (Lipinski definition) is 4. The molecule has 104 valence electrons. The molecule has 0 aliphatic carbocycles. The van der Waals surface area contributed by atoms with Crippen LogP contribution in [0.1, 0.15) is 13.3 Å². The molecule has 5 nitrogen and oxygen atoms in total. The minimum absolute atomic E-state index is 0.0973. The van der Waals surface area contributed by atoms with Crippen LogP contribution in [0.2, 0.25) is 0 Å². The Morgan fingerprint density at radius 3 is 2.89 bits per heavy atom. The molecule has 6 heteroatoms. The molecule has 0 bridgehead atoms. The van der Waals surface area contributed by atoms with Crippen molar-refractivity contribution in [1.29, 1.82) is 0 Å². The summed E-state index contributed by atoms with van der Waals surface area (Å²) in [6.07, 6.45) is 7.50. The van der Waals surface area contributed by atoms with Crippen molar-refractivity contribution in [3.63, 3.8) is 0 Å². The van der Waals surface area contributed by atoms with Crippen molar-refractivity contribution in [2.75, 3.05) is 26.0 Å². The van der Waals surface area contributed by atoms with Crippen molar-refractivity contribution in [2.45, 2.75) is 25.9 Å². The average molecular weight is 327 g/mol. The van der Waals surface area contributed by atoms with Crippen LogP contribution < -0.4 is 10.9 Å². The first-order valence-electron chi connectivity index (χ1n) is 6.06. The normalized spacial score (nSPS) is 12.2. The summed E-state index contributed by atoms with van der Waals surface area (Å²) in [5, 5.41) is 7.33. The molecule has 0 saturated heterocycles. The number of nitrogens with one attached hydrogen (secondary N) is 1. The Morgan fingerprint density at radius 2 is 2.32 bits per heavy atom. The monoisotopic (exact) mass is 326 g/mol. The van der Waals surface area contributed by atoms with Crippen LogP contribution in [0.25, 0.3) is 0 Å². The number of nitrogens with zero attached hydrogens (tertiary/aromatic N) is 3. The zero-order valence-electron chi connectivity index (χ0n) is 11.5. The standard InChI is InChI=1S/C13H19BrN4O/c1-5-6-10(2)16-11-9-15-18(8-7-17(3)4)13(19)12(11)14/h1,9-10,16H,6-8H2,2-4H3. The number of aromatic nitrogens is 2. The fourth-order valence-electron chi connectivity index (χ4n) is 1.51. The third-order valence-electron chi connectivity index (χ3n) is 2.57. The molecule has 0 amide bonds. The van der Waals surface area contributed by atoms with Gasteiger partial charge in [0.05, 0.1) is 18.4 Å². The van der Waals surface area contributed by atoms with Gasteiger partial charge in [0.25, 0.3) is 5.56 Å². The fourth-order valence-corrected chi connectivity index (χ4v) is 1.93. The molecule has 0 aliphatic rings. The van der Waals surface area contributed by atoms with Gasteiger partial charge < -0.3 is 10.2 Å². The van der Waals surface area contributed by atoms with Gasteiger partial charge in [-0.15, -0.1) is 12.3 Å². The van der Waals surface area contributed by atoms with E-state index >= 15 is 0 Å². The lowest BCUT2D eigenvalue weighted by Crippen LogP contribution is -2.30. The lowest BCUT2D eigenvalue weighted by atomic mass is 10.2.